The smallest absolute Gasteiger partial charge is 0.274 e. The van der Waals surface area contributed by atoms with Gasteiger partial charge in [0.05, 0.1) is 27.9 Å². The average molecular weight is 642 g/mol. The van der Waals surface area contributed by atoms with Crippen molar-refractivity contribution in [3.63, 3.8) is 0 Å². The Bertz CT molecular complexity index is 1940. The minimum atomic E-state index is -4.07. The number of primary sulfonamides is 1. The van der Waals surface area contributed by atoms with Crippen LogP contribution in [0.1, 0.15) is 12.0 Å². The average Bonchev–Trinajstić information content (AvgIpc) is 3.44. The third kappa shape index (κ3) is 6.50. The van der Waals surface area contributed by atoms with Gasteiger partial charge < -0.3 is 15.9 Å². The van der Waals surface area contributed by atoms with E-state index in [1.54, 1.807) is 42.5 Å². The van der Waals surface area contributed by atoms with Crippen LogP contribution in [0.5, 0.6) is 0 Å². The maximum Gasteiger partial charge on any atom is 0.274 e. The van der Waals surface area contributed by atoms with Gasteiger partial charge in [0.2, 0.25) is 25.6 Å². The molecule has 2 aromatic heterocycles. The number of nitrogen functional groups attached to an aromatic ring is 1. The molecule has 1 aliphatic heterocycles. The van der Waals surface area contributed by atoms with Crippen molar-refractivity contribution >= 4 is 54.8 Å². The molecule has 2 aromatic carbocycles. The van der Waals surface area contributed by atoms with Crippen molar-refractivity contribution in [1.29, 1.82) is 0 Å². The van der Waals surface area contributed by atoms with E-state index in [-0.39, 0.29) is 27.7 Å². The van der Waals surface area contributed by atoms with Crippen LogP contribution in [0.15, 0.2) is 100 Å². The van der Waals surface area contributed by atoms with Crippen molar-refractivity contribution in [2.45, 2.75) is 21.8 Å². The molecule has 0 bridgehead atoms. The molecule has 0 saturated heterocycles. The van der Waals surface area contributed by atoms with Crippen LogP contribution in [0.25, 0.3) is 11.1 Å². The van der Waals surface area contributed by atoms with Gasteiger partial charge in [0.15, 0.2) is 0 Å². The van der Waals surface area contributed by atoms with Crippen LogP contribution >= 0.6 is 11.6 Å². The van der Waals surface area contributed by atoms with E-state index >= 15 is 0 Å². The zero-order chi connectivity index (χ0) is 30.8. The summed E-state index contributed by atoms with van der Waals surface area (Å²) in [6, 6.07) is 16.8. The molecule has 3 heterocycles. The van der Waals surface area contributed by atoms with Crippen LogP contribution in [0, 0.1) is 0 Å². The summed E-state index contributed by atoms with van der Waals surface area (Å²) in [6.07, 6.45) is 3.83. The Balaban J connectivity index is 1.41. The van der Waals surface area contributed by atoms with E-state index in [1.807, 2.05) is 0 Å². The van der Waals surface area contributed by atoms with Gasteiger partial charge in [0.25, 0.3) is 5.91 Å². The number of nitrogens with zero attached hydrogens (tertiary/aromatic N) is 3. The fourth-order valence-electron chi connectivity index (χ4n) is 4.26. The van der Waals surface area contributed by atoms with E-state index in [9.17, 15) is 21.6 Å². The summed E-state index contributed by atoms with van der Waals surface area (Å²) in [4.78, 5) is 27.2. The molecule has 0 saturated carbocycles. The maximum atomic E-state index is 13.7. The van der Waals surface area contributed by atoms with Crippen molar-refractivity contribution in [2.75, 3.05) is 17.6 Å². The summed E-state index contributed by atoms with van der Waals surface area (Å²) in [5, 5.41) is 12.4. The fraction of sp³-hybridized carbons (Fsp3) is 0.111. The predicted molar refractivity (Wildman–Crippen MR) is 160 cm³/mol. The zero-order valence-corrected chi connectivity index (χ0v) is 24.5. The third-order valence-corrected chi connectivity index (χ3v) is 9.23. The van der Waals surface area contributed by atoms with Gasteiger partial charge in [-0.2, -0.15) is 0 Å². The first-order valence-electron chi connectivity index (χ1n) is 12.5. The predicted octanol–water partition coefficient (Wildman–Crippen LogP) is 2.51. The molecule has 0 radical (unpaired) electrons. The highest BCUT2D eigenvalue weighted by Gasteiger charge is 2.48. The number of carbonyl (C=O) groups excluding carboxylic acids is 1. The second kappa shape index (κ2) is 11.7. The topological polar surface area (TPSA) is 209 Å². The van der Waals surface area contributed by atoms with Crippen molar-refractivity contribution in [3.05, 3.63) is 95.9 Å². The summed E-state index contributed by atoms with van der Waals surface area (Å²) in [6.45, 7) is -0.494. The van der Waals surface area contributed by atoms with Crippen LogP contribution < -0.4 is 20.9 Å². The van der Waals surface area contributed by atoms with E-state index in [4.69, 9.17) is 27.3 Å². The third-order valence-electron chi connectivity index (χ3n) is 6.53. The summed E-state index contributed by atoms with van der Waals surface area (Å²) in [5.41, 5.74) is 6.03. The van der Waals surface area contributed by atoms with Crippen molar-refractivity contribution in [1.82, 2.24) is 14.7 Å². The van der Waals surface area contributed by atoms with E-state index in [0.29, 0.717) is 27.4 Å². The van der Waals surface area contributed by atoms with Gasteiger partial charge >= 0.3 is 0 Å². The SMILES string of the molecule is Nc1cc(C2=NO[C@](CNS(=O)(=O)c3cccnc3)(C(=O)Nc3ccc(-c4ccccc4S(N)(=O)=O)cn3)C2)ccc1Cl. The highest BCUT2D eigenvalue weighted by atomic mass is 35.5. The van der Waals surface area contributed by atoms with Crippen molar-refractivity contribution in [2.24, 2.45) is 10.3 Å². The fourth-order valence-corrected chi connectivity index (χ4v) is 6.19. The molecular weight excluding hydrogens is 618 g/mol. The highest BCUT2D eigenvalue weighted by Crippen LogP contribution is 2.31. The summed E-state index contributed by atoms with van der Waals surface area (Å²) < 4.78 is 52.3. The number of oxime groups is 1. The number of sulfonamides is 2. The summed E-state index contributed by atoms with van der Waals surface area (Å²) >= 11 is 6.04. The first-order valence-corrected chi connectivity index (χ1v) is 15.9. The number of halogens is 1. The van der Waals surface area contributed by atoms with E-state index in [1.165, 1.54) is 42.9 Å². The monoisotopic (exact) mass is 641 g/mol. The second-order valence-corrected chi connectivity index (χ2v) is 13.2. The molecule has 13 nitrogen and oxygen atoms in total. The van der Waals surface area contributed by atoms with E-state index in [0.717, 1.165) is 0 Å². The lowest BCUT2D eigenvalue weighted by atomic mass is 9.93. The molecule has 0 unspecified atom stereocenters. The van der Waals surface area contributed by atoms with E-state index < -0.39 is 38.1 Å². The number of hydrogen-bond acceptors (Lipinski definition) is 10. The minimum absolute atomic E-state index is 0.0830. The van der Waals surface area contributed by atoms with E-state index in [2.05, 4.69) is 25.2 Å². The first-order chi connectivity index (χ1) is 20.4. The molecule has 0 aliphatic carbocycles. The van der Waals surface area contributed by atoms with Crippen LogP contribution in [-0.4, -0.2) is 50.6 Å². The number of pyridine rings is 2. The first kappa shape index (κ1) is 30.1. The van der Waals surface area contributed by atoms with Gasteiger partial charge in [-0.05, 0) is 42.5 Å². The largest absolute Gasteiger partial charge is 0.398 e. The number of hydrogen-bond donors (Lipinski definition) is 4. The summed E-state index contributed by atoms with van der Waals surface area (Å²) in [7, 11) is -8.08. The molecule has 1 amide bonds. The molecule has 0 spiro atoms. The van der Waals surface area contributed by atoms with Crippen molar-refractivity contribution < 1.29 is 26.5 Å². The van der Waals surface area contributed by atoms with Crippen LogP contribution in [0.2, 0.25) is 5.02 Å². The molecule has 43 heavy (non-hydrogen) atoms. The number of nitrogens with one attached hydrogen (secondary N) is 2. The molecule has 5 rings (SSSR count). The van der Waals surface area contributed by atoms with Gasteiger partial charge in [-0.3, -0.25) is 9.78 Å². The quantitative estimate of drug-likeness (QED) is 0.198. The van der Waals surface area contributed by atoms with Crippen molar-refractivity contribution in [3.8, 4) is 11.1 Å². The van der Waals surface area contributed by atoms with Gasteiger partial charge in [0.1, 0.15) is 10.7 Å². The van der Waals surface area contributed by atoms with Gasteiger partial charge in [-0.1, -0.05) is 41.0 Å². The molecule has 0 fully saturated rings. The van der Waals surface area contributed by atoms with Crippen LogP contribution in [0.4, 0.5) is 11.5 Å². The number of anilines is 2. The Hall–Kier alpha value is -4.41. The van der Waals surface area contributed by atoms with Crippen LogP contribution in [0.3, 0.4) is 0 Å². The molecule has 16 heteroatoms. The van der Waals surface area contributed by atoms with Crippen LogP contribution in [-0.2, 0) is 29.7 Å². The Morgan fingerprint density at radius 1 is 1.00 bits per heavy atom. The molecule has 1 aliphatic rings. The lowest BCUT2D eigenvalue weighted by Gasteiger charge is -2.25. The Kier molecular flexibility index (Phi) is 8.18. The number of aromatic nitrogens is 2. The molecule has 6 N–H and O–H groups in total. The molecule has 1 atom stereocenters. The molecular formula is C27H24ClN7O6S2. The Labute approximate surface area is 252 Å². The lowest BCUT2D eigenvalue weighted by Crippen LogP contribution is -2.52. The van der Waals surface area contributed by atoms with Gasteiger partial charge in [-0.25, -0.2) is 31.7 Å². The number of nitrogens with two attached hydrogens (primary N) is 2. The number of carbonyl (C=O) groups is 1. The number of rotatable bonds is 9. The lowest BCUT2D eigenvalue weighted by molar-refractivity contribution is -0.137. The standard InChI is InChI=1S/C27H24ClN7O6S2/c28-21-9-7-17(12-22(21)29)23-13-27(41-35-23,16-33-43(39,40)19-4-3-11-31-15-19)26(36)34-25-10-8-18(14-32-25)20-5-1-2-6-24(20)42(30,37)38/h1-12,14-15,33H,13,16,29H2,(H2,30,37,38)(H,32,34,36)/t27-/m1/s1. The Morgan fingerprint density at radius 2 is 1.77 bits per heavy atom. The molecule has 222 valence electrons. The number of benzene rings is 2. The summed E-state index contributed by atoms with van der Waals surface area (Å²) in [5.74, 6) is -0.656. The molecule has 4 aromatic rings. The van der Waals surface area contributed by atoms with Gasteiger partial charge in [0, 0.05) is 41.7 Å². The van der Waals surface area contributed by atoms with Gasteiger partial charge in [-0.15, -0.1) is 0 Å². The zero-order valence-electron chi connectivity index (χ0n) is 22.1. The highest BCUT2D eigenvalue weighted by molar-refractivity contribution is 7.89. The maximum absolute atomic E-state index is 13.7. The minimum Gasteiger partial charge on any atom is -0.398 e. The number of amides is 1. The Morgan fingerprint density at radius 3 is 2.44 bits per heavy atom. The normalized spacial score (nSPS) is 16.7. The second-order valence-electron chi connectivity index (χ2n) is 9.48.